The van der Waals surface area contributed by atoms with Gasteiger partial charge in [-0.05, 0) is 12.3 Å². The van der Waals surface area contributed by atoms with Gasteiger partial charge in [0.2, 0.25) is 11.8 Å². The number of likely N-dealkylation sites (tertiary alicyclic amines) is 1. The number of imide groups is 1. The third-order valence-electron chi connectivity index (χ3n) is 4.15. The highest BCUT2D eigenvalue weighted by atomic mass is 16.2. The number of hydrogen-bond acceptors (Lipinski definition) is 3. The number of amides is 2. The average molecular weight is 233 g/mol. The van der Waals surface area contributed by atoms with Crippen molar-refractivity contribution in [3.05, 3.63) is 17.5 Å². The van der Waals surface area contributed by atoms with Gasteiger partial charge in [-0.15, -0.1) is 0 Å². The number of aryl methyl sites for hydroxylation is 1. The summed E-state index contributed by atoms with van der Waals surface area (Å²) in [6.45, 7) is 6.21. The number of aromatic amines is 1. The fraction of sp³-hybridized carbons (Fsp3) is 0.583. The molecule has 1 N–H and O–H groups in total. The van der Waals surface area contributed by atoms with E-state index in [1.54, 1.807) is 6.20 Å². The summed E-state index contributed by atoms with van der Waals surface area (Å²) < 4.78 is 0. The number of piperidine rings is 1. The van der Waals surface area contributed by atoms with E-state index in [4.69, 9.17) is 0 Å². The number of H-pyrrole nitrogens is 1. The minimum atomic E-state index is -0.129. The Labute approximate surface area is 99.2 Å². The number of nitrogens with zero attached hydrogens (tertiary/aromatic N) is 2. The molecule has 1 saturated carbocycles. The van der Waals surface area contributed by atoms with Gasteiger partial charge in [0.1, 0.15) is 0 Å². The number of hydrogen-bond donors (Lipinski definition) is 1. The van der Waals surface area contributed by atoms with E-state index in [2.05, 4.69) is 10.2 Å². The summed E-state index contributed by atoms with van der Waals surface area (Å²) in [5.41, 5.74) is 1.69. The van der Waals surface area contributed by atoms with Gasteiger partial charge in [0, 0.05) is 11.3 Å². The molecule has 1 aliphatic heterocycles. The topological polar surface area (TPSA) is 66.1 Å². The third-order valence-corrected chi connectivity index (χ3v) is 4.15. The zero-order valence-electron chi connectivity index (χ0n) is 10.2. The molecular weight excluding hydrogens is 218 g/mol. The van der Waals surface area contributed by atoms with Crippen LogP contribution in [0.25, 0.3) is 0 Å². The Bertz CT molecular complexity index is 494. The number of carbonyl (C=O) groups excluding carboxylic acids is 2. The van der Waals surface area contributed by atoms with Crippen molar-refractivity contribution in [2.75, 3.05) is 0 Å². The van der Waals surface area contributed by atoms with Crippen LogP contribution >= 0.6 is 0 Å². The maximum Gasteiger partial charge on any atom is 0.233 e. The Morgan fingerprint density at radius 3 is 2.41 bits per heavy atom. The first-order chi connectivity index (χ1) is 7.94. The first kappa shape index (κ1) is 10.5. The van der Waals surface area contributed by atoms with Crippen molar-refractivity contribution < 1.29 is 9.59 Å². The highest BCUT2D eigenvalue weighted by Gasteiger charge is 2.72. The Hall–Kier alpha value is -1.65. The molecule has 2 amide bonds. The van der Waals surface area contributed by atoms with Crippen LogP contribution in [0.15, 0.2) is 6.20 Å². The Balaban J connectivity index is 1.82. The van der Waals surface area contributed by atoms with Crippen molar-refractivity contribution in [2.24, 2.45) is 17.3 Å². The SMILES string of the molecule is Cc1[nH]ncc1CN1C(=O)C2C(C1=O)C2(C)C. The van der Waals surface area contributed by atoms with E-state index >= 15 is 0 Å². The van der Waals surface area contributed by atoms with E-state index in [0.29, 0.717) is 6.54 Å². The van der Waals surface area contributed by atoms with E-state index in [9.17, 15) is 9.59 Å². The van der Waals surface area contributed by atoms with Crippen molar-refractivity contribution in [1.29, 1.82) is 0 Å². The van der Waals surface area contributed by atoms with E-state index in [0.717, 1.165) is 11.3 Å². The second kappa shape index (κ2) is 2.97. The predicted octanol–water partition coefficient (Wildman–Crippen LogP) is 0.859. The number of fused-ring (bicyclic) bond motifs is 1. The van der Waals surface area contributed by atoms with Crippen LogP contribution < -0.4 is 0 Å². The summed E-state index contributed by atoms with van der Waals surface area (Å²) in [6, 6.07) is 0. The normalized spacial score (nSPS) is 29.7. The predicted molar refractivity (Wildman–Crippen MR) is 59.6 cm³/mol. The van der Waals surface area contributed by atoms with Crippen molar-refractivity contribution in [1.82, 2.24) is 15.1 Å². The molecule has 1 aliphatic carbocycles. The molecule has 3 rings (SSSR count). The van der Waals surface area contributed by atoms with Crippen LogP contribution in [0.1, 0.15) is 25.1 Å². The summed E-state index contributed by atoms with van der Waals surface area (Å²) in [4.78, 5) is 25.5. The molecule has 0 radical (unpaired) electrons. The maximum absolute atomic E-state index is 12.1. The Morgan fingerprint density at radius 2 is 1.94 bits per heavy atom. The van der Waals surface area contributed by atoms with E-state index in [-0.39, 0.29) is 29.1 Å². The van der Waals surface area contributed by atoms with Crippen LogP contribution in [0.4, 0.5) is 0 Å². The molecule has 0 spiro atoms. The summed E-state index contributed by atoms with van der Waals surface area (Å²) in [5.74, 6) is -0.236. The molecule has 2 heterocycles. The summed E-state index contributed by atoms with van der Waals surface area (Å²) >= 11 is 0. The number of aromatic nitrogens is 2. The number of rotatable bonds is 2. The minimum absolute atomic E-state index is 0.0226. The standard InChI is InChI=1S/C12H15N3O2/c1-6-7(4-13-14-6)5-15-10(16)8-9(11(15)17)12(8,2)3/h4,8-9H,5H2,1-3H3,(H,13,14). The smallest absolute Gasteiger partial charge is 0.233 e. The van der Waals surface area contributed by atoms with Crippen LogP contribution in [-0.4, -0.2) is 26.9 Å². The van der Waals surface area contributed by atoms with Crippen LogP contribution in [0.2, 0.25) is 0 Å². The lowest BCUT2D eigenvalue weighted by atomic mass is 10.1. The van der Waals surface area contributed by atoms with Crippen LogP contribution in [0.3, 0.4) is 0 Å². The van der Waals surface area contributed by atoms with E-state index in [1.165, 1.54) is 4.90 Å². The summed E-state index contributed by atoms with van der Waals surface area (Å²) in [5, 5.41) is 6.71. The van der Waals surface area contributed by atoms with Gasteiger partial charge >= 0.3 is 0 Å². The Kier molecular flexibility index (Phi) is 1.83. The summed E-state index contributed by atoms with van der Waals surface area (Å²) in [7, 11) is 0. The van der Waals surface area contributed by atoms with Crippen molar-refractivity contribution in [3.63, 3.8) is 0 Å². The summed E-state index contributed by atoms with van der Waals surface area (Å²) in [6.07, 6.45) is 1.67. The fourth-order valence-corrected chi connectivity index (χ4v) is 2.87. The van der Waals surface area contributed by atoms with Crippen LogP contribution in [0, 0.1) is 24.2 Å². The van der Waals surface area contributed by atoms with E-state index < -0.39 is 0 Å². The molecule has 17 heavy (non-hydrogen) atoms. The highest BCUT2D eigenvalue weighted by molar-refractivity contribution is 6.10. The molecule has 0 bridgehead atoms. The van der Waals surface area contributed by atoms with Crippen molar-refractivity contribution >= 4 is 11.8 Å². The van der Waals surface area contributed by atoms with Gasteiger partial charge in [0.25, 0.3) is 0 Å². The molecule has 0 aromatic carbocycles. The molecule has 1 aromatic rings. The molecule has 1 aromatic heterocycles. The maximum atomic E-state index is 12.1. The second-order valence-electron chi connectivity index (χ2n) is 5.56. The molecular formula is C12H15N3O2. The lowest BCUT2D eigenvalue weighted by Gasteiger charge is -2.20. The van der Waals surface area contributed by atoms with Gasteiger partial charge in [-0.3, -0.25) is 19.6 Å². The van der Waals surface area contributed by atoms with Gasteiger partial charge in [0.15, 0.2) is 0 Å². The zero-order valence-corrected chi connectivity index (χ0v) is 10.2. The molecule has 5 nitrogen and oxygen atoms in total. The van der Waals surface area contributed by atoms with Gasteiger partial charge in [-0.1, -0.05) is 13.8 Å². The van der Waals surface area contributed by atoms with Crippen LogP contribution in [-0.2, 0) is 16.1 Å². The largest absolute Gasteiger partial charge is 0.283 e. The first-order valence-electron chi connectivity index (χ1n) is 5.78. The number of nitrogens with one attached hydrogen (secondary N) is 1. The first-order valence-corrected chi connectivity index (χ1v) is 5.78. The number of carbonyl (C=O) groups is 2. The molecule has 2 unspecified atom stereocenters. The highest BCUT2D eigenvalue weighted by Crippen LogP contribution is 2.63. The quantitative estimate of drug-likeness (QED) is 0.770. The molecule has 2 atom stereocenters. The molecule has 5 heteroatoms. The van der Waals surface area contributed by atoms with Crippen LogP contribution in [0.5, 0.6) is 0 Å². The molecule has 1 saturated heterocycles. The lowest BCUT2D eigenvalue weighted by molar-refractivity contribution is -0.143. The van der Waals surface area contributed by atoms with Gasteiger partial charge in [-0.2, -0.15) is 5.10 Å². The van der Waals surface area contributed by atoms with E-state index in [1.807, 2.05) is 20.8 Å². The van der Waals surface area contributed by atoms with Gasteiger partial charge < -0.3 is 0 Å². The van der Waals surface area contributed by atoms with Gasteiger partial charge in [-0.25, -0.2) is 0 Å². The second-order valence-corrected chi connectivity index (χ2v) is 5.56. The molecule has 2 aliphatic rings. The monoisotopic (exact) mass is 233 g/mol. The third kappa shape index (κ3) is 1.22. The minimum Gasteiger partial charge on any atom is -0.283 e. The fourth-order valence-electron chi connectivity index (χ4n) is 2.87. The van der Waals surface area contributed by atoms with Crippen molar-refractivity contribution in [2.45, 2.75) is 27.3 Å². The lowest BCUT2D eigenvalue weighted by Crippen LogP contribution is -2.35. The molecule has 90 valence electrons. The van der Waals surface area contributed by atoms with Gasteiger partial charge in [0.05, 0.1) is 24.6 Å². The Morgan fingerprint density at radius 1 is 1.35 bits per heavy atom. The van der Waals surface area contributed by atoms with Crippen molar-refractivity contribution in [3.8, 4) is 0 Å². The average Bonchev–Trinajstić information content (AvgIpc) is 2.54. The molecule has 2 fully saturated rings. The zero-order chi connectivity index (χ0) is 12.4.